The lowest BCUT2D eigenvalue weighted by Crippen LogP contribution is -2.55. The van der Waals surface area contributed by atoms with Gasteiger partial charge in [0.15, 0.2) is 0 Å². The van der Waals surface area contributed by atoms with Crippen LogP contribution >= 0.6 is 0 Å². The number of carboxylic acids is 1. The molecule has 1 aliphatic rings. The van der Waals surface area contributed by atoms with Gasteiger partial charge >= 0.3 is 5.97 Å². The third-order valence-corrected chi connectivity index (χ3v) is 4.63. The van der Waals surface area contributed by atoms with Crippen LogP contribution in [0.3, 0.4) is 0 Å². The van der Waals surface area contributed by atoms with Crippen molar-refractivity contribution in [3.8, 4) is 16.9 Å². The fourth-order valence-electron chi connectivity index (χ4n) is 3.11. The van der Waals surface area contributed by atoms with E-state index in [0.717, 1.165) is 5.56 Å². The first-order valence-corrected chi connectivity index (χ1v) is 8.53. The van der Waals surface area contributed by atoms with Crippen LogP contribution in [0.1, 0.15) is 27.6 Å². The maximum absolute atomic E-state index is 12.9. The van der Waals surface area contributed by atoms with Gasteiger partial charge in [-0.2, -0.15) is 0 Å². The van der Waals surface area contributed by atoms with Gasteiger partial charge in [-0.1, -0.05) is 12.1 Å². The number of aromatic carboxylic acids is 1. The number of carbonyl (C=O) groups is 3. The van der Waals surface area contributed by atoms with Crippen molar-refractivity contribution in [2.75, 3.05) is 20.2 Å². The van der Waals surface area contributed by atoms with Gasteiger partial charge in [-0.25, -0.2) is 4.79 Å². The largest absolute Gasteiger partial charge is 0.496 e. The number of carboxylic acid groups (broad SMARTS) is 1. The van der Waals surface area contributed by atoms with E-state index in [1.807, 2.05) is 6.07 Å². The van der Waals surface area contributed by atoms with Crippen LogP contribution in [-0.2, 0) is 4.79 Å². The van der Waals surface area contributed by atoms with Crippen molar-refractivity contribution in [3.63, 3.8) is 0 Å². The molecule has 2 aromatic carbocycles. The summed E-state index contributed by atoms with van der Waals surface area (Å²) in [5.74, 6) is -1.02. The van der Waals surface area contributed by atoms with Crippen molar-refractivity contribution < 1.29 is 24.2 Å². The first kappa shape index (κ1) is 18.4. The number of hydrogen-bond acceptors (Lipinski definition) is 4. The molecule has 27 heavy (non-hydrogen) atoms. The number of hydrogen-bond donors (Lipinski definition) is 2. The molecule has 1 saturated heterocycles. The van der Waals surface area contributed by atoms with Gasteiger partial charge in [-0.3, -0.25) is 9.59 Å². The summed E-state index contributed by atoms with van der Waals surface area (Å²) >= 11 is 0. The first-order chi connectivity index (χ1) is 12.9. The SMILES string of the molecule is COc1cc(C(=O)O)ccc1-c1cccc(C(=O)N2CCNC(=O)[C@@H]2C)c1. The summed E-state index contributed by atoms with van der Waals surface area (Å²) in [7, 11) is 1.47. The maximum Gasteiger partial charge on any atom is 0.335 e. The molecule has 1 fully saturated rings. The van der Waals surface area contributed by atoms with Gasteiger partial charge in [0.25, 0.3) is 5.91 Å². The van der Waals surface area contributed by atoms with E-state index >= 15 is 0 Å². The molecular formula is C20H20N2O5. The van der Waals surface area contributed by atoms with Crippen molar-refractivity contribution in [2.45, 2.75) is 13.0 Å². The molecule has 0 aliphatic carbocycles. The molecule has 0 unspecified atom stereocenters. The molecule has 0 radical (unpaired) electrons. The van der Waals surface area contributed by atoms with Crippen LogP contribution in [0.4, 0.5) is 0 Å². The molecule has 2 N–H and O–H groups in total. The predicted molar refractivity (Wildman–Crippen MR) is 98.9 cm³/mol. The number of carbonyl (C=O) groups excluding carboxylic acids is 2. The van der Waals surface area contributed by atoms with Gasteiger partial charge in [0.05, 0.1) is 12.7 Å². The highest BCUT2D eigenvalue weighted by molar-refractivity contribution is 5.99. The minimum Gasteiger partial charge on any atom is -0.496 e. The molecular weight excluding hydrogens is 348 g/mol. The van der Waals surface area contributed by atoms with E-state index in [1.54, 1.807) is 36.1 Å². The Hall–Kier alpha value is -3.35. The van der Waals surface area contributed by atoms with Gasteiger partial charge < -0.3 is 20.1 Å². The van der Waals surface area contributed by atoms with Crippen LogP contribution in [0, 0.1) is 0 Å². The summed E-state index contributed by atoms with van der Waals surface area (Å²) in [5.41, 5.74) is 1.99. The lowest BCUT2D eigenvalue weighted by molar-refractivity contribution is -0.127. The number of ether oxygens (including phenoxy) is 1. The van der Waals surface area contributed by atoms with E-state index in [4.69, 9.17) is 9.84 Å². The lowest BCUT2D eigenvalue weighted by atomic mass is 9.99. The van der Waals surface area contributed by atoms with E-state index in [0.29, 0.717) is 30.0 Å². The fourth-order valence-corrected chi connectivity index (χ4v) is 3.11. The average Bonchev–Trinajstić information content (AvgIpc) is 2.69. The van der Waals surface area contributed by atoms with Crippen LogP contribution < -0.4 is 10.1 Å². The highest BCUT2D eigenvalue weighted by atomic mass is 16.5. The molecule has 1 atom stereocenters. The third kappa shape index (κ3) is 3.62. The highest BCUT2D eigenvalue weighted by Gasteiger charge is 2.30. The van der Waals surface area contributed by atoms with Crippen LogP contribution in [0.2, 0.25) is 0 Å². The van der Waals surface area contributed by atoms with Crippen LogP contribution in [0.15, 0.2) is 42.5 Å². The maximum atomic E-state index is 12.9. The van der Waals surface area contributed by atoms with Crippen molar-refractivity contribution in [2.24, 2.45) is 0 Å². The number of nitrogens with zero attached hydrogens (tertiary/aromatic N) is 1. The molecule has 1 aliphatic heterocycles. The minimum atomic E-state index is -1.04. The van der Waals surface area contributed by atoms with Crippen LogP contribution in [0.25, 0.3) is 11.1 Å². The summed E-state index contributed by atoms with van der Waals surface area (Å²) in [6, 6.07) is 11.1. The summed E-state index contributed by atoms with van der Waals surface area (Å²) in [6.45, 7) is 2.58. The number of nitrogens with one attached hydrogen (secondary N) is 1. The Morgan fingerprint density at radius 3 is 2.67 bits per heavy atom. The van der Waals surface area contributed by atoms with E-state index in [-0.39, 0.29) is 17.4 Å². The summed E-state index contributed by atoms with van der Waals surface area (Å²) in [5, 5.41) is 11.9. The number of methoxy groups -OCH3 is 1. The Labute approximate surface area is 156 Å². The standard InChI is InChI=1S/C20H20N2O5/c1-12-18(23)21-8-9-22(12)19(24)14-5-3-4-13(10-14)16-7-6-15(20(25)26)11-17(16)27-2/h3-7,10-12H,8-9H2,1-2H3,(H,21,23)(H,25,26)/t12-/m0/s1. The Bertz CT molecular complexity index is 909. The van der Waals surface area contributed by atoms with Gasteiger partial charge in [0.2, 0.25) is 5.91 Å². The molecule has 7 nitrogen and oxygen atoms in total. The Balaban J connectivity index is 1.95. The second kappa shape index (κ2) is 7.49. The zero-order chi connectivity index (χ0) is 19.6. The number of amides is 2. The molecule has 140 valence electrons. The van der Waals surface area contributed by atoms with Crippen molar-refractivity contribution in [1.29, 1.82) is 0 Å². The van der Waals surface area contributed by atoms with Gasteiger partial charge in [-0.05, 0) is 42.8 Å². The molecule has 2 aromatic rings. The highest BCUT2D eigenvalue weighted by Crippen LogP contribution is 2.31. The average molecular weight is 368 g/mol. The minimum absolute atomic E-state index is 0.121. The molecule has 2 amide bonds. The number of rotatable bonds is 4. The molecule has 0 spiro atoms. The number of benzene rings is 2. The second-order valence-corrected chi connectivity index (χ2v) is 6.27. The zero-order valence-electron chi connectivity index (χ0n) is 15.1. The third-order valence-electron chi connectivity index (χ3n) is 4.63. The summed E-state index contributed by atoms with van der Waals surface area (Å²) in [4.78, 5) is 37.4. The first-order valence-electron chi connectivity index (χ1n) is 8.53. The van der Waals surface area contributed by atoms with E-state index in [2.05, 4.69) is 5.32 Å². The predicted octanol–water partition coefficient (Wildman–Crippen LogP) is 2.02. The molecule has 1 heterocycles. The molecule has 7 heteroatoms. The van der Waals surface area contributed by atoms with Crippen molar-refractivity contribution >= 4 is 17.8 Å². The Morgan fingerprint density at radius 1 is 1.19 bits per heavy atom. The molecule has 3 rings (SSSR count). The lowest BCUT2D eigenvalue weighted by Gasteiger charge is -2.33. The second-order valence-electron chi connectivity index (χ2n) is 6.27. The smallest absolute Gasteiger partial charge is 0.335 e. The fraction of sp³-hybridized carbons (Fsp3) is 0.250. The Kier molecular flexibility index (Phi) is 5.12. The molecule has 0 aromatic heterocycles. The van der Waals surface area contributed by atoms with Crippen molar-refractivity contribution in [1.82, 2.24) is 10.2 Å². The van der Waals surface area contributed by atoms with Crippen molar-refractivity contribution in [3.05, 3.63) is 53.6 Å². The number of piperazine rings is 1. The summed E-state index contributed by atoms with van der Waals surface area (Å²) < 4.78 is 5.33. The van der Waals surface area contributed by atoms with Gasteiger partial charge in [0.1, 0.15) is 11.8 Å². The molecule has 0 bridgehead atoms. The van der Waals surface area contributed by atoms with Crippen LogP contribution in [0.5, 0.6) is 5.75 Å². The molecule has 0 saturated carbocycles. The zero-order valence-corrected chi connectivity index (χ0v) is 15.1. The van der Waals surface area contributed by atoms with Crippen LogP contribution in [-0.4, -0.2) is 54.0 Å². The van der Waals surface area contributed by atoms with E-state index < -0.39 is 12.0 Å². The van der Waals surface area contributed by atoms with E-state index in [9.17, 15) is 14.4 Å². The Morgan fingerprint density at radius 2 is 1.96 bits per heavy atom. The van der Waals surface area contributed by atoms with Gasteiger partial charge in [0, 0.05) is 24.2 Å². The monoisotopic (exact) mass is 368 g/mol. The van der Waals surface area contributed by atoms with E-state index in [1.165, 1.54) is 19.2 Å². The quantitative estimate of drug-likeness (QED) is 0.861. The van der Waals surface area contributed by atoms with Gasteiger partial charge in [-0.15, -0.1) is 0 Å². The topological polar surface area (TPSA) is 95.9 Å². The normalized spacial score (nSPS) is 16.6. The summed E-state index contributed by atoms with van der Waals surface area (Å²) in [6.07, 6.45) is 0.